The molecule has 3 rings (SSSR count). The van der Waals surface area contributed by atoms with E-state index in [1.165, 1.54) is 11.1 Å². The highest BCUT2D eigenvalue weighted by Crippen LogP contribution is 2.23. The summed E-state index contributed by atoms with van der Waals surface area (Å²) in [6.45, 7) is 11.5. The summed E-state index contributed by atoms with van der Waals surface area (Å²) in [4.78, 5) is 10.2. The zero-order chi connectivity index (χ0) is 18.1. The number of allylic oxidation sites excluding steroid dienone is 6. The minimum Gasteiger partial charge on any atom is -0.389 e. The van der Waals surface area contributed by atoms with E-state index in [0.29, 0.717) is 0 Å². The number of hydrogen-bond donors (Lipinski definition) is 2. The Morgan fingerprint density at radius 1 is 0.958 bits per heavy atom. The Bertz CT molecular complexity index is 526. The van der Waals surface area contributed by atoms with E-state index in [2.05, 4.69) is 13.2 Å². The molecule has 3 nitrogen and oxygen atoms in total. The van der Waals surface area contributed by atoms with Crippen molar-refractivity contribution in [3.05, 3.63) is 59.8 Å². The predicted molar refractivity (Wildman–Crippen MR) is 99.7 cm³/mol. The minimum absolute atomic E-state index is 0.211. The van der Waals surface area contributed by atoms with E-state index in [4.69, 9.17) is 10.2 Å². The third-order valence-electron chi connectivity index (χ3n) is 4.16. The maximum absolute atomic E-state index is 10.2. The highest BCUT2D eigenvalue weighted by molar-refractivity contribution is 5.91. The lowest BCUT2D eigenvalue weighted by atomic mass is 10.1. The van der Waals surface area contributed by atoms with Gasteiger partial charge in [0.15, 0.2) is 5.78 Å². The first-order valence-corrected chi connectivity index (χ1v) is 8.58. The van der Waals surface area contributed by atoms with Crippen LogP contribution in [-0.4, -0.2) is 28.2 Å². The monoisotopic (exact) mass is 330 g/mol. The Morgan fingerprint density at radius 3 is 1.54 bits per heavy atom. The first-order valence-electron chi connectivity index (χ1n) is 8.58. The van der Waals surface area contributed by atoms with Crippen LogP contribution in [0.15, 0.2) is 59.8 Å². The number of ketones is 1. The topological polar surface area (TPSA) is 57.5 Å². The molecule has 0 aliphatic heterocycles. The Balaban J connectivity index is 0.000000184. The fraction of sp³-hybridized carbons (Fsp3) is 0.476. The predicted octanol–water partition coefficient (Wildman–Crippen LogP) is 4.19. The fourth-order valence-corrected chi connectivity index (χ4v) is 2.64. The molecule has 0 aromatic carbocycles. The van der Waals surface area contributed by atoms with E-state index >= 15 is 0 Å². The number of aliphatic hydroxyl groups is 2. The normalized spacial score (nSPS) is 24.4. The van der Waals surface area contributed by atoms with Gasteiger partial charge in [-0.2, -0.15) is 0 Å². The number of carbonyl (C=O) groups is 1. The van der Waals surface area contributed by atoms with Gasteiger partial charge < -0.3 is 10.2 Å². The van der Waals surface area contributed by atoms with E-state index in [1.54, 1.807) is 6.08 Å². The summed E-state index contributed by atoms with van der Waals surface area (Å²) in [5, 5.41) is 18.1. The molecule has 0 aromatic heterocycles. The van der Waals surface area contributed by atoms with Crippen LogP contribution in [0.25, 0.3) is 0 Å². The van der Waals surface area contributed by atoms with Crippen LogP contribution in [-0.2, 0) is 4.79 Å². The molecule has 2 atom stereocenters. The average Bonchev–Trinajstić information content (AvgIpc) is 3.23. The average molecular weight is 330 g/mol. The van der Waals surface area contributed by atoms with Crippen molar-refractivity contribution >= 4 is 5.78 Å². The van der Waals surface area contributed by atoms with Gasteiger partial charge in [-0.1, -0.05) is 42.5 Å². The molecule has 24 heavy (non-hydrogen) atoms. The largest absolute Gasteiger partial charge is 0.389 e. The van der Waals surface area contributed by atoms with Crippen molar-refractivity contribution < 1.29 is 15.0 Å². The molecule has 132 valence electrons. The van der Waals surface area contributed by atoms with Crippen molar-refractivity contribution in [3.8, 4) is 0 Å². The van der Waals surface area contributed by atoms with E-state index < -0.39 is 0 Å². The standard InChI is InChI=1S/2C8H12O.C5H6O/c2*1-6(2)7-3-4-8(9)5-7;6-5-3-1-2-4-5/h2*5,8-9H,1,3-4H2,2H3;1,3H,2,4H2/t8-;;/m0../s1. The Hall–Kier alpha value is -1.71. The van der Waals surface area contributed by atoms with E-state index in [1.807, 2.05) is 32.1 Å². The lowest BCUT2D eigenvalue weighted by Crippen LogP contribution is -1.93. The van der Waals surface area contributed by atoms with Crippen LogP contribution in [0.3, 0.4) is 0 Å². The molecule has 1 unspecified atom stereocenters. The second-order valence-electron chi connectivity index (χ2n) is 6.56. The van der Waals surface area contributed by atoms with Gasteiger partial charge in [0.25, 0.3) is 0 Å². The molecule has 0 radical (unpaired) electrons. The molecule has 3 aliphatic carbocycles. The molecule has 0 bridgehead atoms. The Morgan fingerprint density at radius 2 is 1.42 bits per heavy atom. The lowest BCUT2D eigenvalue weighted by Gasteiger charge is -1.94. The van der Waals surface area contributed by atoms with Gasteiger partial charge in [0.1, 0.15) is 0 Å². The zero-order valence-electron chi connectivity index (χ0n) is 14.9. The quantitative estimate of drug-likeness (QED) is 0.798. The maximum atomic E-state index is 10.2. The SMILES string of the molecule is C=C(C)C1=CC(O)CC1.C=C(C)C1=C[C@@H](O)CC1.O=C1C=CCC1. The van der Waals surface area contributed by atoms with Crippen LogP contribution in [0, 0.1) is 0 Å². The molecule has 0 amide bonds. The second kappa shape index (κ2) is 10.2. The van der Waals surface area contributed by atoms with Crippen LogP contribution in [0.1, 0.15) is 52.4 Å². The van der Waals surface area contributed by atoms with Gasteiger partial charge in [-0.15, -0.1) is 0 Å². The molecular weight excluding hydrogens is 300 g/mol. The van der Waals surface area contributed by atoms with Gasteiger partial charge in [0.05, 0.1) is 12.2 Å². The van der Waals surface area contributed by atoms with Gasteiger partial charge in [0, 0.05) is 6.42 Å². The Kier molecular flexibility index (Phi) is 8.66. The highest BCUT2D eigenvalue weighted by atomic mass is 16.3. The van der Waals surface area contributed by atoms with Crippen molar-refractivity contribution in [2.45, 2.75) is 64.6 Å². The van der Waals surface area contributed by atoms with Crippen LogP contribution in [0.4, 0.5) is 0 Å². The zero-order valence-corrected chi connectivity index (χ0v) is 14.9. The number of carbonyl (C=O) groups excluding carboxylic acids is 1. The summed E-state index contributed by atoms with van der Waals surface area (Å²) < 4.78 is 0. The van der Waals surface area contributed by atoms with Gasteiger partial charge >= 0.3 is 0 Å². The molecule has 0 saturated carbocycles. The molecule has 2 N–H and O–H groups in total. The number of aliphatic hydroxyl groups excluding tert-OH is 2. The lowest BCUT2D eigenvalue weighted by molar-refractivity contribution is -0.114. The summed E-state index contributed by atoms with van der Waals surface area (Å²) in [5.74, 6) is 0.273. The van der Waals surface area contributed by atoms with Crippen molar-refractivity contribution in [1.82, 2.24) is 0 Å². The third kappa shape index (κ3) is 7.71. The van der Waals surface area contributed by atoms with Crippen molar-refractivity contribution in [1.29, 1.82) is 0 Å². The molecule has 0 saturated heterocycles. The van der Waals surface area contributed by atoms with Crippen LogP contribution >= 0.6 is 0 Å². The van der Waals surface area contributed by atoms with Gasteiger partial charge in [-0.3, -0.25) is 4.79 Å². The van der Waals surface area contributed by atoms with Gasteiger partial charge in [-0.05, 0) is 63.2 Å². The molecule has 0 spiro atoms. The smallest absolute Gasteiger partial charge is 0.155 e. The van der Waals surface area contributed by atoms with E-state index in [-0.39, 0.29) is 18.0 Å². The van der Waals surface area contributed by atoms with Crippen LogP contribution in [0.2, 0.25) is 0 Å². The van der Waals surface area contributed by atoms with Crippen molar-refractivity contribution in [2.75, 3.05) is 0 Å². The van der Waals surface area contributed by atoms with Gasteiger partial charge in [-0.25, -0.2) is 0 Å². The summed E-state index contributed by atoms with van der Waals surface area (Å²) in [6, 6.07) is 0. The van der Waals surface area contributed by atoms with Crippen molar-refractivity contribution in [2.24, 2.45) is 0 Å². The summed E-state index contributed by atoms with van der Waals surface area (Å²) in [7, 11) is 0. The first-order chi connectivity index (χ1) is 11.3. The fourth-order valence-electron chi connectivity index (χ4n) is 2.64. The third-order valence-corrected chi connectivity index (χ3v) is 4.16. The van der Waals surface area contributed by atoms with Crippen LogP contribution < -0.4 is 0 Å². The summed E-state index contributed by atoms with van der Waals surface area (Å²) in [6.07, 6.45) is 12.3. The molecule has 3 heteroatoms. The van der Waals surface area contributed by atoms with Gasteiger partial charge in [0.2, 0.25) is 0 Å². The minimum atomic E-state index is -0.211. The first kappa shape index (κ1) is 20.3. The molecule has 3 aliphatic rings. The second-order valence-corrected chi connectivity index (χ2v) is 6.56. The number of hydrogen-bond acceptors (Lipinski definition) is 3. The Labute approximate surface area is 145 Å². The maximum Gasteiger partial charge on any atom is 0.155 e. The van der Waals surface area contributed by atoms with Crippen molar-refractivity contribution in [3.63, 3.8) is 0 Å². The number of rotatable bonds is 2. The van der Waals surface area contributed by atoms with E-state index in [0.717, 1.165) is 49.7 Å². The summed E-state index contributed by atoms with van der Waals surface area (Å²) in [5.41, 5.74) is 4.63. The molecule has 0 heterocycles. The highest BCUT2D eigenvalue weighted by Gasteiger charge is 2.12. The van der Waals surface area contributed by atoms with E-state index in [9.17, 15) is 4.79 Å². The molecular formula is C21H30O3. The van der Waals surface area contributed by atoms with Crippen LogP contribution in [0.5, 0.6) is 0 Å². The summed E-state index contributed by atoms with van der Waals surface area (Å²) >= 11 is 0. The molecule has 0 aromatic rings. The molecule has 0 fully saturated rings.